The fraction of sp³-hybridized carbons (Fsp3) is 0.590. The molecule has 6 aromatic carbocycles. The minimum atomic E-state index is -0.639. The van der Waals surface area contributed by atoms with Crippen LogP contribution in [-0.4, -0.2) is 310 Å². The number of halogens is 1. The zero-order chi connectivity index (χ0) is 104. The van der Waals surface area contributed by atoms with Gasteiger partial charge in [-0.1, -0.05) is 62.1 Å². The predicted octanol–water partition coefficient (Wildman–Crippen LogP) is 10.1. The van der Waals surface area contributed by atoms with Gasteiger partial charge in [0, 0.05) is 207 Å². The Morgan fingerprint density at radius 2 is 0.800 bits per heavy atom. The summed E-state index contributed by atoms with van der Waals surface area (Å²) in [5.74, 6) is -0.900. The molecule has 6 aromatic rings. The number of likely N-dealkylation sites (tertiary alicyclic amines) is 6. The van der Waals surface area contributed by atoms with Gasteiger partial charge in [-0.05, 0) is 305 Å². The van der Waals surface area contributed by atoms with Gasteiger partial charge in [0.2, 0.25) is 17.8 Å². The van der Waals surface area contributed by atoms with Gasteiger partial charge >= 0.3 is 41.5 Å². The van der Waals surface area contributed by atoms with Crippen LogP contribution in [0.5, 0.6) is 0 Å². The molecule has 0 bridgehead atoms. The third-order valence-corrected chi connectivity index (χ3v) is 27.9. The number of carbonyl (C=O) groups excluding carboxylic acids is 7. The topological polar surface area (TPSA) is 424 Å². The quantitative estimate of drug-likeness (QED) is 0.0179. The third-order valence-electron chi connectivity index (χ3n) is 27.5. The molecule has 0 saturated carbocycles. The number of alkyl halides is 1. The van der Waals surface area contributed by atoms with Gasteiger partial charge in [-0.15, -0.1) is 11.6 Å². The largest absolute Gasteiger partial charge is 1.00 e. The third kappa shape index (κ3) is 41.9. The van der Waals surface area contributed by atoms with Crippen LogP contribution in [0.3, 0.4) is 0 Å². The maximum Gasteiger partial charge on any atom is 1.00 e. The van der Waals surface area contributed by atoms with Crippen molar-refractivity contribution in [2.24, 2.45) is 0 Å². The Bertz CT molecular complexity index is 5050. The summed E-state index contributed by atoms with van der Waals surface area (Å²) in [6.07, 6.45) is 30.3. The summed E-state index contributed by atoms with van der Waals surface area (Å²) in [6, 6.07) is 34.9. The van der Waals surface area contributed by atoms with Crippen molar-refractivity contribution in [2.75, 3.05) is 238 Å². The van der Waals surface area contributed by atoms with Crippen LogP contribution in [-0.2, 0) is 91.3 Å². The van der Waals surface area contributed by atoms with Crippen molar-refractivity contribution in [2.45, 2.75) is 213 Å². The van der Waals surface area contributed by atoms with E-state index in [1.165, 1.54) is 207 Å². The molecule has 20 rings (SSSR count). The molecule has 1 unspecified atom stereocenters. The van der Waals surface area contributed by atoms with Crippen molar-refractivity contribution in [3.05, 3.63) is 173 Å². The summed E-state index contributed by atoms with van der Waals surface area (Å²) < 4.78 is 8.54. The predicted molar refractivity (Wildman–Crippen MR) is 574 cm³/mol. The maximum absolute atomic E-state index is 12.5. The molecule has 0 aliphatic carbocycles. The van der Waals surface area contributed by atoms with E-state index in [4.69, 9.17) is 41.4 Å². The molecule has 14 aliphatic heterocycles. The number of rotatable bonds is 13. The number of hydrogen-bond donors (Lipinski definition) is 5. The first-order chi connectivity index (χ1) is 69.2. The molecule has 40 heteroatoms. The van der Waals surface area contributed by atoms with Crippen LogP contribution in [0, 0.1) is 30.3 Å². The van der Waals surface area contributed by atoms with E-state index in [-0.39, 0.29) is 87.4 Å². The van der Waals surface area contributed by atoms with E-state index in [0.717, 1.165) is 222 Å². The Hall–Kier alpha value is -10.1. The first-order valence-electron chi connectivity index (χ1n) is 51.4. The molecule has 8 N–H and O–H groups in total. The Labute approximate surface area is 887 Å². The average Bonchev–Trinajstić information content (AvgIpc) is 1.61. The van der Waals surface area contributed by atoms with Gasteiger partial charge < -0.3 is 89.4 Å². The zero-order valence-corrected chi connectivity index (χ0v) is 89.6. The van der Waals surface area contributed by atoms with Crippen molar-refractivity contribution in [3.8, 4) is 0 Å². The number of nitrogen functional groups attached to an aromatic ring is 3. The van der Waals surface area contributed by atoms with Crippen molar-refractivity contribution in [1.82, 2.24) is 34.7 Å². The van der Waals surface area contributed by atoms with Gasteiger partial charge in [0.05, 0.1) is 39.4 Å². The number of ketones is 2. The molecule has 14 aliphatic rings. The molecule has 5 radical (unpaired) electrons. The Kier molecular flexibility index (Phi) is 53.2. The zero-order valence-electron chi connectivity index (χ0n) is 86.9. The number of piperidine rings is 7. The maximum atomic E-state index is 12.5. The number of Topliss-reactive ketones (excluding diaryl/α,β-unsaturated/α-hetero) is 2. The minimum absolute atomic E-state index is 0. The van der Waals surface area contributed by atoms with Gasteiger partial charge in [-0.3, -0.25) is 64.1 Å². The van der Waals surface area contributed by atoms with E-state index >= 15 is 0 Å². The summed E-state index contributed by atoms with van der Waals surface area (Å²) in [4.78, 5) is 138. The van der Waals surface area contributed by atoms with Crippen molar-refractivity contribution < 1.29 is 98.5 Å². The number of fused-ring (bicyclic) bond motifs is 6. The van der Waals surface area contributed by atoms with E-state index in [1.807, 2.05) is 54.4 Å². The molecule has 0 spiro atoms. The van der Waals surface area contributed by atoms with E-state index in [0.29, 0.717) is 43.2 Å². The number of nitro benzene ring substituents is 3. The number of nitro groups is 3. The number of hydrogen-bond acceptors (Lipinski definition) is 31. The van der Waals surface area contributed by atoms with Gasteiger partial charge in [0.1, 0.15) is 19.4 Å². The monoisotopic (exact) mass is 2040 g/mol. The van der Waals surface area contributed by atoms with Crippen LogP contribution >= 0.6 is 11.6 Å². The van der Waals surface area contributed by atoms with Crippen molar-refractivity contribution in [1.29, 1.82) is 0 Å². The fourth-order valence-corrected chi connectivity index (χ4v) is 19.4. The average molecular weight is 2040 g/mol. The summed E-state index contributed by atoms with van der Waals surface area (Å²) in [5, 5.41) is 38.5. The van der Waals surface area contributed by atoms with Gasteiger partial charge in [0.25, 0.3) is 17.1 Å². The molecule has 36 nitrogen and oxygen atoms in total. The SMILES string of the molecule is C1CCNCC1.CC(=O)CCl.CC(=O)OOC(C)=O.CN1CCC(=O)CC1.CN1CCC(N2CCc3ccc(N)cc32)CC1.CN1CCC(N2CCc3ccc([N+](=O)[O-])cc32)CC1.Nc1ccc2c(c1)N(C(=O)CN1CCCCC1)CC2.Nc1ccc2c(c1)N(CCN1CCCCC1)CC2.O=C(CN1CCCCC1)N1CCc2ccc([N+](=O)[O-])cc21.O=[N+]([O-])c1ccc2c(c1)NCC2.[B-]OC(C)=O.[B]C1CCCO1.[HH].[Na+]. The second-order valence-corrected chi connectivity index (χ2v) is 39.0. The molecule has 1 atom stereocenters. The summed E-state index contributed by atoms with van der Waals surface area (Å²) in [5.41, 5.74) is 34.6. The normalized spacial score (nSPS) is 18.8. The molecule has 145 heavy (non-hydrogen) atoms. The van der Waals surface area contributed by atoms with Gasteiger partial charge in [-0.25, -0.2) is 19.4 Å². The van der Waals surface area contributed by atoms with Gasteiger partial charge in [0.15, 0.2) is 0 Å². The molecular formula is C105H156B2ClN19NaO17. The standard InChI is InChI=1S/C15H19N3O3.C15H21N3O.C15H23N3.C14H19N3O2.C14H21N3.C8H8N2O2.C6H11NO.C5H11N.C4H7BO.C4H6O4.C3H5ClO.C2H3BO2.Na.H2/c19-15(11-16-7-2-1-3-8-16)17-9-6-12-4-5-13(18(20)21)10-14(12)17;16-13-5-4-12-6-9-18(14(12)10-13)15(19)11-17-7-2-1-3-8-17;16-14-5-4-13-6-9-18(15(13)12-14)11-10-17-7-2-1-3-8-17;1-15-7-5-12(6-8-15)16-9-4-11-2-3-13(17(18)19)10-14(11)16;1-16-7-5-13(6-8-16)17-9-4-11-2-3-12(15)10-14(11)17;11-10(12)7-2-1-6-3-4-9-8(6)5-7;1-7-4-2-6(8)3-5-7;1-2-4-6-5-3-1;5-4-2-1-3-6-4;1-3(5)7-8-4(2)6;1-3(5)2-4;1-2(4)5-3;;/h4-5,10H,1-3,6-9,11H2;4-5,10H,1-3,6-9,11,16H2;4-5,12H,1-3,6-11,16H2;2-3,10,12H,4-9H2,1H3;2-3,10,13H,4-9,15H2,1H3;1-2,5,9H,3-4H2;2-5H2,1H3;6H,1-5H2;4H,1-3H2;1-2H3;2H2,1H3;1H3;;1H/q;;;;;;;;;;;-1;+1;. The van der Waals surface area contributed by atoms with E-state index < -0.39 is 22.8 Å². The molecule has 0 aromatic heterocycles. The Morgan fingerprint density at radius 3 is 1.19 bits per heavy atom. The van der Waals surface area contributed by atoms with E-state index in [9.17, 15) is 63.9 Å². The second kappa shape index (κ2) is 64.2. The van der Waals surface area contributed by atoms with E-state index in [2.05, 4.69) is 116 Å². The number of nitrogens with two attached hydrogens (primary N) is 3. The Balaban J connectivity index is 0.000000222. The second-order valence-electron chi connectivity index (χ2n) is 38.7. The summed E-state index contributed by atoms with van der Waals surface area (Å²) in [7, 11) is 16.0. The van der Waals surface area contributed by atoms with Crippen LogP contribution in [0.25, 0.3) is 0 Å². The molecule has 8 fully saturated rings. The van der Waals surface area contributed by atoms with Crippen molar-refractivity contribution in [3.63, 3.8) is 0 Å². The summed E-state index contributed by atoms with van der Waals surface area (Å²) in [6.45, 7) is 30.5. The van der Waals surface area contributed by atoms with E-state index in [1.54, 1.807) is 35.2 Å². The van der Waals surface area contributed by atoms with Crippen LogP contribution in [0.4, 0.5) is 68.2 Å². The number of nitrogens with one attached hydrogen (secondary N) is 2. The number of ether oxygens (including phenoxy) is 1. The van der Waals surface area contributed by atoms with Gasteiger partial charge in [-0.2, -0.15) is 0 Å². The molecule has 2 amide bonds. The van der Waals surface area contributed by atoms with Crippen LogP contribution < -0.4 is 81.9 Å². The molecule has 14 heterocycles. The minimum Gasteiger partial charge on any atom is -0.793 e. The van der Waals surface area contributed by atoms with Crippen molar-refractivity contribution >= 4 is 137 Å². The van der Waals surface area contributed by atoms with Crippen LogP contribution in [0.2, 0.25) is 0 Å². The smallest absolute Gasteiger partial charge is 0.793 e. The number of non-ortho nitro benzene ring substituents is 3. The molecular weight excluding hydrogens is 1880 g/mol. The summed E-state index contributed by atoms with van der Waals surface area (Å²) >= 11 is 4.99. The number of benzene rings is 6. The first-order valence-corrected chi connectivity index (χ1v) is 52.0. The fourth-order valence-electron chi connectivity index (χ4n) is 19.4. The number of amides is 2. The first kappa shape index (κ1) is 120. The Morgan fingerprint density at radius 1 is 0.434 bits per heavy atom. The number of nitrogens with zero attached hydrogens (tertiary/aromatic N) is 14. The number of carbonyl (C=O) groups is 7. The number of anilines is 9. The van der Waals surface area contributed by atoms with Crippen LogP contribution in [0.1, 0.15) is 191 Å². The molecule has 787 valence electrons. The van der Waals surface area contributed by atoms with Crippen LogP contribution in [0.15, 0.2) is 109 Å². The molecule has 8 saturated heterocycles.